The van der Waals surface area contributed by atoms with Crippen molar-refractivity contribution in [2.24, 2.45) is 0 Å². The Labute approximate surface area is 219 Å². The molecule has 0 aliphatic carbocycles. The maximum atomic E-state index is 13.7. The van der Waals surface area contributed by atoms with Gasteiger partial charge >= 0.3 is 6.03 Å². The highest BCUT2D eigenvalue weighted by atomic mass is 19.1. The first-order chi connectivity index (χ1) is 18.2. The number of H-pyrrole nitrogens is 1. The van der Waals surface area contributed by atoms with E-state index >= 15 is 0 Å². The third-order valence-electron chi connectivity index (χ3n) is 6.93. The van der Waals surface area contributed by atoms with Crippen molar-refractivity contribution in [3.05, 3.63) is 128 Å². The minimum Gasteiger partial charge on any atom is -0.303 e. The summed E-state index contributed by atoms with van der Waals surface area (Å²) in [5, 5.41) is 5.83. The molecule has 0 radical (unpaired) electrons. The third-order valence-corrected chi connectivity index (χ3v) is 6.93. The van der Waals surface area contributed by atoms with Crippen molar-refractivity contribution in [2.75, 3.05) is 0 Å². The molecule has 1 aromatic heterocycles. The molecule has 1 aliphatic rings. The van der Waals surface area contributed by atoms with Crippen LogP contribution in [0.5, 0.6) is 0 Å². The molecule has 38 heavy (non-hydrogen) atoms. The largest absolute Gasteiger partial charge is 0.329 e. The molecule has 4 aromatic rings. The van der Waals surface area contributed by atoms with E-state index in [0.717, 1.165) is 27.2 Å². The molecule has 2 N–H and O–H groups in total. The van der Waals surface area contributed by atoms with Gasteiger partial charge < -0.3 is 5.32 Å². The number of imide groups is 1. The number of hydrogen-bond donors (Lipinski definition) is 2. The highest BCUT2D eigenvalue weighted by Crippen LogP contribution is 2.22. The minimum atomic E-state index is -0.628. The summed E-state index contributed by atoms with van der Waals surface area (Å²) in [6.45, 7) is 5.83. The van der Waals surface area contributed by atoms with Gasteiger partial charge in [0.05, 0.1) is 17.8 Å². The molecule has 1 aliphatic heterocycles. The second-order valence-corrected chi connectivity index (χ2v) is 9.48. The van der Waals surface area contributed by atoms with Gasteiger partial charge in [-0.1, -0.05) is 48.5 Å². The van der Waals surface area contributed by atoms with Crippen LogP contribution in [-0.4, -0.2) is 26.6 Å². The summed E-state index contributed by atoms with van der Waals surface area (Å²) >= 11 is 0. The molecule has 0 atom stereocenters. The van der Waals surface area contributed by atoms with Gasteiger partial charge in [0.2, 0.25) is 0 Å². The molecular weight excluding hydrogens is 483 g/mol. The Kier molecular flexibility index (Phi) is 6.55. The number of rotatable bonds is 6. The Hall–Kier alpha value is -4.72. The van der Waals surface area contributed by atoms with Gasteiger partial charge in [-0.15, -0.1) is 0 Å². The van der Waals surface area contributed by atoms with Crippen molar-refractivity contribution < 1.29 is 14.0 Å². The van der Waals surface area contributed by atoms with Crippen LogP contribution >= 0.6 is 0 Å². The Morgan fingerprint density at radius 3 is 2.39 bits per heavy atom. The predicted octanol–water partition coefficient (Wildman–Crippen LogP) is 4.91. The fourth-order valence-corrected chi connectivity index (χ4v) is 4.60. The van der Waals surface area contributed by atoms with Gasteiger partial charge in [-0.2, -0.15) is 0 Å². The van der Waals surface area contributed by atoms with Crippen LogP contribution in [0.1, 0.15) is 39.1 Å². The highest BCUT2D eigenvalue weighted by Gasteiger charge is 2.34. The van der Waals surface area contributed by atoms with Crippen LogP contribution in [0, 0.1) is 26.6 Å². The number of nitrogens with one attached hydrogen (secondary N) is 2. The number of aryl methyl sites for hydroxylation is 2. The van der Waals surface area contributed by atoms with Crippen LogP contribution in [0.25, 0.3) is 11.8 Å². The molecule has 3 amide bonds. The summed E-state index contributed by atoms with van der Waals surface area (Å²) < 4.78 is 15.1. The topological polar surface area (TPSA) is 87.2 Å². The molecule has 3 aromatic carbocycles. The Morgan fingerprint density at radius 1 is 0.895 bits per heavy atom. The summed E-state index contributed by atoms with van der Waals surface area (Å²) in [4.78, 5) is 40.6. The lowest BCUT2D eigenvalue weighted by Gasteiger charge is -2.11. The Bertz CT molecular complexity index is 1660. The van der Waals surface area contributed by atoms with Gasteiger partial charge in [-0.05, 0) is 72.9 Å². The monoisotopic (exact) mass is 510 g/mol. The molecule has 0 bridgehead atoms. The summed E-state index contributed by atoms with van der Waals surface area (Å²) in [6.07, 6.45) is 1.86. The predicted molar refractivity (Wildman–Crippen MR) is 143 cm³/mol. The van der Waals surface area contributed by atoms with Gasteiger partial charge in [-0.3, -0.25) is 19.6 Å². The standard InChI is InChI=1S/C30H27FN4O3/c1-18-9-6-13-27(20(18)3)35-28(36)24(25(33-35)15-22-11-5-4-8-19(22)2)16-26-29(37)34(30(38)32-26)17-21-10-7-12-23(31)14-21/h4-14,16,33H,15,17H2,1-3H3,(H,32,38)/b26-16-. The molecular formula is C30H27FN4O3. The van der Waals surface area contributed by atoms with Gasteiger partial charge in [0.1, 0.15) is 11.5 Å². The van der Waals surface area contributed by atoms with Gasteiger partial charge in [0.25, 0.3) is 11.5 Å². The molecule has 0 unspecified atom stereocenters. The smallest absolute Gasteiger partial charge is 0.303 e. The zero-order valence-corrected chi connectivity index (χ0v) is 21.3. The van der Waals surface area contributed by atoms with Crippen molar-refractivity contribution in [2.45, 2.75) is 33.7 Å². The SMILES string of the molecule is Cc1ccccc1Cc1[nH]n(-c2cccc(C)c2C)c(=O)c1/C=C1\NC(=O)N(Cc2cccc(F)c2)C1=O. The number of carbonyl (C=O) groups excluding carboxylic acids is 2. The second kappa shape index (κ2) is 9.97. The molecule has 1 saturated heterocycles. The number of aromatic nitrogens is 2. The van der Waals surface area contributed by atoms with Crippen molar-refractivity contribution in [1.29, 1.82) is 0 Å². The molecule has 5 rings (SSSR count). The van der Waals surface area contributed by atoms with Crippen LogP contribution in [0.3, 0.4) is 0 Å². The molecule has 2 heterocycles. The average molecular weight is 511 g/mol. The number of nitrogens with zero attached hydrogens (tertiary/aromatic N) is 2. The van der Waals surface area contributed by atoms with Crippen molar-refractivity contribution in [3.63, 3.8) is 0 Å². The molecule has 0 saturated carbocycles. The van der Waals surface area contributed by atoms with Crippen molar-refractivity contribution in [1.82, 2.24) is 20.0 Å². The number of halogens is 1. The Morgan fingerprint density at radius 2 is 1.63 bits per heavy atom. The Balaban J connectivity index is 1.57. The summed E-state index contributed by atoms with van der Waals surface area (Å²) in [6, 6.07) is 18.7. The normalized spacial score (nSPS) is 14.4. The van der Waals surface area contributed by atoms with E-state index in [1.54, 1.807) is 6.07 Å². The average Bonchev–Trinajstić information content (AvgIpc) is 3.33. The molecule has 8 heteroatoms. The minimum absolute atomic E-state index is 0.0124. The summed E-state index contributed by atoms with van der Waals surface area (Å²) in [5.74, 6) is -1.04. The molecule has 192 valence electrons. The van der Waals surface area contributed by atoms with E-state index in [1.807, 2.05) is 63.2 Å². The first-order valence-electron chi connectivity index (χ1n) is 12.3. The van der Waals surface area contributed by atoms with Crippen LogP contribution in [0.4, 0.5) is 9.18 Å². The fraction of sp³-hybridized carbons (Fsp3) is 0.167. The highest BCUT2D eigenvalue weighted by molar-refractivity contribution is 6.13. The summed E-state index contributed by atoms with van der Waals surface area (Å²) in [5.41, 5.74) is 5.82. The lowest BCUT2D eigenvalue weighted by atomic mass is 10.0. The van der Waals surface area contributed by atoms with Crippen LogP contribution in [-0.2, 0) is 17.8 Å². The first kappa shape index (κ1) is 25.0. The lowest BCUT2D eigenvalue weighted by Crippen LogP contribution is -2.30. The number of carbonyl (C=O) groups is 2. The van der Waals surface area contributed by atoms with E-state index in [0.29, 0.717) is 23.4 Å². The quantitative estimate of drug-likeness (QED) is 0.285. The van der Waals surface area contributed by atoms with Gasteiger partial charge in [-0.25, -0.2) is 13.9 Å². The van der Waals surface area contributed by atoms with Gasteiger partial charge in [0, 0.05) is 12.1 Å². The lowest BCUT2D eigenvalue weighted by molar-refractivity contribution is -0.123. The zero-order chi connectivity index (χ0) is 27.0. The summed E-state index contributed by atoms with van der Waals surface area (Å²) in [7, 11) is 0. The van der Waals surface area contributed by atoms with E-state index < -0.39 is 17.8 Å². The number of amides is 3. The van der Waals surface area contributed by atoms with E-state index in [-0.39, 0.29) is 23.4 Å². The molecule has 7 nitrogen and oxygen atoms in total. The molecule has 0 spiro atoms. The van der Waals surface area contributed by atoms with E-state index in [9.17, 15) is 18.8 Å². The maximum Gasteiger partial charge on any atom is 0.329 e. The van der Waals surface area contributed by atoms with E-state index in [2.05, 4.69) is 10.4 Å². The van der Waals surface area contributed by atoms with E-state index in [4.69, 9.17) is 0 Å². The number of aromatic amines is 1. The number of urea groups is 1. The second-order valence-electron chi connectivity index (χ2n) is 9.48. The van der Waals surface area contributed by atoms with E-state index in [1.165, 1.54) is 29.0 Å². The van der Waals surface area contributed by atoms with Crippen LogP contribution < -0.4 is 10.9 Å². The molecule has 1 fully saturated rings. The first-order valence-corrected chi connectivity index (χ1v) is 12.3. The number of benzene rings is 3. The zero-order valence-electron chi connectivity index (χ0n) is 21.3. The number of hydrogen-bond acceptors (Lipinski definition) is 3. The fourth-order valence-electron chi connectivity index (χ4n) is 4.60. The van der Waals surface area contributed by atoms with Crippen molar-refractivity contribution in [3.8, 4) is 5.69 Å². The maximum absolute atomic E-state index is 13.7. The van der Waals surface area contributed by atoms with Crippen molar-refractivity contribution >= 4 is 18.0 Å². The van der Waals surface area contributed by atoms with Crippen LogP contribution in [0.15, 0.2) is 77.2 Å². The van der Waals surface area contributed by atoms with Crippen LogP contribution in [0.2, 0.25) is 0 Å². The van der Waals surface area contributed by atoms with Gasteiger partial charge in [0.15, 0.2) is 0 Å². The third kappa shape index (κ3) is 4.68.